The minimum absolute atomic E-state index is 0.145. The number of hydrogen-bond donors (Lipinski definition) is 2. The van der Waals surface area contributed by atoms with Crippen molar-refractivity contribution in [3.8, 4) is 11.1 Å². The zero-order valence-electron chi connectivity index (χ0n) is 14.6. The van der Waals surface area contributed by atoms with Crippen LogP contribution in [0.5, 0.6) is 0 Å². The number of halogens is 2. The second-order valence-electron chi connectivity index (χ2n) is 6.70. The molecule has 0 unspecified atom stereocenters. The Morgan fingerprint density at radius 1 is 1.22 bits per heavy atom. The van der Waals surface area contributed by atoms with Gasteiger partial charge in [-0.1, -0.05) is 18.2 Å². The summed E-state index contributed by atoms with van der Waals surface area (Å²) < 4.78 is 33.0. The first-order chi connectivity index (χ1) is 13.1. The minimum atomic E-state index is -0.911. The molecule has 1 aliphatic rings. The normalized spacial score (nSPS) is 15.2. The lowest BCUT2D eigenvalue weighted by molar-refractivity contribution is 0.0642. The topological polar surface area (TPSA) is 67.0 Å². The van der Waals surface area contributed by atoms with Crippen LogP contribution in [0.1, 0.15) is 23.3 Å². The highest BCUT2D eigenvalue weighted by Crippen LogP contribution is 2.28. The third kappa shape index (κ3) is 3.55. The van der Waals surface area contributed by atoms with E-state index < -0.39 is 11.6 Å². The van der Waals surface area contributed by atoms with Gasteiger partial charge in [-0.2, -0.15) is 5.10 Å². The van der Waals surface area contributed by atoms with E-state index in [1.165, 1.54) is 12.1 Å². The van der Waals surface area contributed by atoms with E-state index in [1.807, 2.05) is 0 Å². The summed E-state index contributed by atoms with van der Waals surface area (Å²) in [7, 11) is 0. The van der Waals surface area contributed by atoms with Crippen LogP contribution in [-0.4, -0.2) is 35.9 Å². The quantitative estimate of drug-likeness (QED) is 0.735. The lowest BCUT2D eigenvalue weighted by Crippen LogP contribution is -2.32. The van der Waals surface area contributed by atoms with Crippen molar-refractivity contribution in [2.24, 2.45) is 5.92 Å². The summed E-state index contributed by atoms with van der Waals surface area (Å²) in [5.41, 5.74) is 1.54. The molecule has 0 atom stereocenters. The fourth-order valence-corrected chi connectivity index (χ4v) is 3.35. The molecule has 3 aromatic rings. The molecule has 0 spiro atoms. The van der Waals surface area contributed by atoms with E-state index in [0.717, 1.165) is 18.9 Å². The van der Waals surface area contributed by atoms with E-state index >= 15 is 0 Å². The first-order valence-electron chi connectivity index (χ1n) is 8.92. The number of aromatic amines is 1. The van der Waals surface area contributed by atoms with Gasteiger partial charge in [-0.3, -0.25) is 9.89 Å². The SMILES string of the molecule is O=C(NCC1CCOCC1)c1n[nH]c2ccc(-c3cccc(F)c3F)cc12. The fraction of sp³-hybridized carbons (Fsp3) is 0.300. The van der Waals surface area contributed by atoms with Gasteiger partial charge >= 0.3 is 0 Å². The van der Waals surface area contributed by atoms with Crippen molar-refractivity contribution >= 4 is 16.8 Å². The molecule has 0 aliphatic carbocycles. The van der Waals surface area contributed by atoms with Crippen molar-refractivity contribution in [3.05, 3.63) is 53.7 Å². The smallest absolute Gasteiger partial charge is 0.272 e. The van der Waals surface area contributed by atoms with Crippen molar-refractivity contribution < 1.29 is 18.3 Å². The Morgan fingerprint density at radius 2 is 2.04 bits per heavy atom. The van der Waals surface area contributed by atoms with Crippen LogP contribution < -0.4 is 5.32 Å². The van der Waals surface area contributed by atoms with Gasteiger partial charge in [0.25, 0.3) is 5.91 Å². The van der Waals surface area contributed by atoms with E-state index in [1.54, 1.807) is 18.2 Å². The third-order valence-electron chi connectivity index (χ3n) is 4.93. The predicted octanol–water partition coefficient (Wildman–Crippen LogP) is 3.66. The molecular weight excluding hydrogens is 352 g/mol. The van der Waals surface area contributed by atoms with Crippen LogP contribution in [0.2, 0.25) is 0 Å². The van der Waals surface area contributed by atoms with Gasteiger partial charge in [-0.15, -0.1) is 0 Å². The summed E-state index contributed by atoms with van der Waals surface area (Å²) in [6.07, 6.45) is 1.84. The van der Waals surface area contributed by atoms with Gasteiger partial charge < -0.3 is 10.1 Å². The zero-order valence-corrected chi connectivity index (χ0v) is 14.6. The number of nitrogens with one attached hydrogen (secondary N) is 2. The molecule has 140 valence electrons. The van der Waals surface area contributed by atoms with Crippen LogP contribution in [-0.2, 0) is 4.74 Å². The van der Waals surface area contributed by atoms with Gasteiger partial charge in [0.2, 0.25) is 0 Å². The molecule has 27 heavy (non-hydrogen) atoms. The van der Waals surface area contributed by atoms with Gasteiger partial charge in [-0.05, 0) is 42.5 Å². The standard InChI is InChI=1S/C20H19F2N3O2/c21-16-3-1-2-14(18(16)22)13-4-5-17-15(10-13)19(25-24-17)20(26)23-11-12-6-8-27-9-7-12/h1-5,10,12H,6-9,11H2,(H,23,26)(H,24,25). The Morgan fingerprint density at radius 3 is 2.85 bits per heavy atom. The highest BCUT2D eigenvalue weighted by Gasteiger charge is 2.19. The lowest BCUT2D eigenvalue weighted by Gasteiger charge is -2.21. The second-order valence-corrected chi connectivity index (χ2v) is 6.70. The summed E-state index contributed by atoms with van der Waals surface area (Å²) in [4.78, 5) is 12.6. The third-order valence-corrected chi connectivity index (χ3v) is 4.93. The summed E-state index contributed by atoms with van der Waals surface area (Å²) in [6.45, 7) is 2.00. The molecule has 5 nitrogen and oxygen atoms in total. The molecule has 0 radical (unpaired) electrons. The molecule has 1 aliphatic heterocycles. The number of H-pyrrole nitrogens is 1. The van der Waals surface area contributed by atoms with E-state index in [9.17, 15) is 13.6 Å². The predicted molar refractivity (Wildman–Crippen MR) is 97.3 cm³/mol. The first kappa shape index (κ1) is 17.6. The van der Waals surface area contributed by atoms with Crippen molar-refractivity contribution in [2.45, 2.75) is 12.8 Å². The molecule has 4 rings (SSSR count). The molecule has 1 amide bonds. The number of carbonyl (C=O) groups excluding carboxylic acids is 1. The Hall–Kier alpha value is -2.80. The molecule has 1 fully saturated rings. The molecule has 2 aromatic carbocycles. The zero-order chi connectivity index (χ0) is 18.8. The van der Waals surface area contributed by atoms with Crippen LogP contribution in [0.25, 0.3) is 22.0 Å². The maximum atomic E-state index is 14.1. The average Bonchev–Trinajstić information content (AvgIpc) is 3.12. The number of hydrogen-bond acceptors (Lipinski definition) is 3. The largest absolute Gasteiger partial charge is 0.381 e. The number of carbonyl (C=O) groups is 1. The summed E-state index contributed by atoms with van der Waals surface area (Å²) >= 11 is 0. The van der Waals surface area contributed by atoms with Crippen LogP contribution >= 0.6 is 0 Å². The van der Waals surface area contributed by atoms with Crippen LogP contribution in [0.15, 0.2) is 36.4 Å². The number of amides is 1. The average molecular weight is 371 g/mol. The minimum Gasteiger partial charge on any atom is -0.381 e. The Bertz CT molecular complexity index is 981. The van der Waals surface area contributed by atoms with Crippen LogP contribution in [0.4, 0.5) is 8.78 Å². The fourth-order valence-electron chi connectivity index (χ4n) is 3.35. The number of rotatable bonds is 4. The maximum Gasteiger partial charge on any atom is 0.272 e. The van der Waals surface area contributed by atoms with Gasteiger partial charge in [0.1, 0.15) is 0 Å². The number of aromatic nitrogens is 2. The van der Waals surface area contributed by atoms with Crippen molar-refractivity contribution in [2.75, 3.05) is 19.8 Å². The molecule has 1 aromatic heterocycles. The highest BCUT2D eigenvalue weighted by molar-refractivity contribution is 6.05. The lowest BCUT2D eigenvalue weighted by atomic mass is 10.00. The van der Waals surface area contributed by atoms with E-state index in [4.69, 9.17) is 4.74 Å². The molecule has 0 saturated carbocycles. The molecule has 2 heterocycles. The molecular formula is C20H19F2N3O2. The Labute approximate surface area is 154 Å². The molecule has 0 bridgehead atoms. The number of benzene rings is 2. The Kier molecular flexibility index (Phi) is 4.85. The van der Waals surface area contributed by atoms with Gasteiger partial charge in [0.15, 0.2) is 17.3 Å². The van der Waals surface area contributed by atoms with E-state index in [2.05, 4.69) is 15.5 Å². The molecule has 1 saturated heterocycles. The first-order valence-corrected chi connectivity index (χ1v) is 8.92. The van der Waals surface area contributed by atoms with Crippen molar-refractivity contribution in [1.82, 2.24) is 15.5 Å². The second kappa shape index (κ2) is 7.44. The monoisotopic (exact) mass is 371 g/mol. The van der Waals surface area contributed by atoms with Gasteiger partial charge in [0.05, 0.1) is 5.52 Å². The summed E-state index contributed by atoms with van der Waals surface area (Å²) in [6, 6.07) is 9.06. The van der Waals surface area contributed by atoms with Crippen LogP contribution in [0, 0.1) is 17.6 Å². The number of ether oxygens (including phenoxy) is 1. The number of fused-ring (bicyclic) bond motifs is 1. The van der Waals surface area contributed by atoms with E-state index in [0.29, 0.717) is 42.1 Å². The summed E-state index contributed by atoms with van der Waals surface area (Å²) in [5, 5.41) is 10.4. The molecule has 7 heteroatoms. The maximum absolute atomic E-state index is 14.1. The van der Waals surface area contributed by atoms with Crippen molar-refractivity contribution in [3.63, 3.8) is 0 Å². The highest BCUT2D eigenvalue weighted by atomic mass is 19.2. The summed E-state index contributed by atoms with van der Waals surface area (Å²) in [5.74, 6) is -1.71. The van der Waals surface area contributed by atoms with Gasteiger partial charge in [0, 0.05) is 30.7 Å². The van der Waals surface area contributed by atoms with Crippen molar-refractivity contribution in [1.29, 1.82) is 0 Å². The Balaban J connectivity index is 1.60. The van der Waals surface area contributed by atoms with E-state index in [-0.39, 0.29) is 17.2 Å². The number of nitrogens with zero attached hydrogens (tertiary/aromatic N) is 1. The molecule has 2 N–H and O–H groups in total. The van der Waals surface area contributed by atoms with Crippen LogP contribution in [0.3, 0.4) is 0 Å². The van der Waals surface area contributed by atoms with Gasteiger partial charge in [-0.25, -0.2) is 8.78 Å².